The molecule has 0 aliphatic heterocycles. The summed E-state index contributed by atoms with van der Waals surface area (Å²) >= 11 is 0. The summed E-state index contributed by atoms with van der Waals surface area (Å²) in [6.07, 6.45) is 8.45. The van der Waals surface area contributed by atoms with Crippen molar-refractivity contribution in [2.24, 2.45) is 21.8 Å². The van der Waals surface area contributed by atoms with E-state index in [-0.39, 0.29) is 45.0 Å². The highest BCUT2D eigenvalue weighted by atomic mass is 16.3. The van der Waals surface area contributed by atoms with E-state index in [1.165, 1.54) is 11.1 Å². The van der Waals surface area contributed by atoms with E-state index < -0.39 is 0 Å². The number of hydrogen-bond donors (Lipinski definition) is 2. The third kappa shape index (κ3) is 7.56. The highest BCUT2D eigenvalue weighted by Gasteiger charge is 2.28. The molecule has 1 fully saturated rings. The van der Waals surface area contributed by atoms with Gasteiger partial charge in [0.05, 0.1) is 0 Å². The van der Waals surface area contributed by atoms with Crippen LogP contribution < -0.4 is 0 Å². The second kappa shape index (κ2) is 11.3. The smallest absolute Gasteiger partial charge is 0.144 e. The van der Waals surface area contributed by atoms with Crippen LogP contribution in [0.2, 0.25) is 0 Å². The highest BCUT2D eigenvalue weighted by molar-refractivity contribution is 5.77. The van der Waals surface area contributed by atoms with Crippen molar-refractivity contribution in [3.63, 3.8) is 0 Å². The lowest BCUT2D eigenvalue weighted by Gasteiger charge is -2.28. The Bertz CT molecular complexity index is 1160. The van der Waals surface area contributed by atoms with Gasteiger partial charge in [0.1, 0.15) is 22.9 Å². The standard InChI is InChI=1S/C36H54N2O2/c1-33(2,3)25-17-27(35(7,8)9)31(39)29(19-25)37-21-23-15-13-14-16-24(23)22-38-30-20-26(34(4,5)6)18-28(32(30)40)36(10,11)12/h17-24,39-40H,13-16H2,1-12H3/b37-21+,38-22+/t23-,24-/m1/s1. The molecule has 0 saturated heterocycles. The van der Waals surface area contributed by atoms with E-state index in [0.717, 1.165) is 36.8 Å². The van der Waals surface area contributed by atoms with E-state index >= 15 is 0 Å². The number of benzene rings is 2. The van der Waals surface area contributed by atoms with Gasteiger partial charge >= 0.3 is 0 Å². The zero-order valence-corrected chi connectivity index (χ0v) is 27.2. The molecule has 4 nitrogen and oxygen atoms in total. The largest absolute Gasteiger partial charge is 0.505 e. The van der Waals surface area contributed by atoms with E-state index in [9.17, 15) is 10.2 Å². The molecule has 1 aliphatic carbocycles. The predicted octanol–water partition coefficient (Wildman–Crippen LogP) is 10.2. The van der Waals surface area contributed by atoms with Crippen molar-refractivity contribution in [2.75, 3.05) is 0 Å². The van der Waals surface area contributed by atoms with Gasteiger partial charge in [0.15, 0.2) is 0 Å². The second-order valence-electron chi connectivity index (χ2n) is 16.0. The Balaban J connectivity index is 2.00. The van der Waals surface area contributed by atoms with E-state index in [1.807, 2.05) is 24.6 Å². The molecule has 1 aliphatic rings. The fraction of sp³-hybridized carbons (Fsp3) is 0.611. The van der Waals surface area contributed by atoms with Gasteiger partial charge in [0, 0.05) is 35.4 Å². The van der Waals surface area contributed by atoms with E-state index in [0.29, 0.717) is 11.4 Å². The number of hydrogen-bond acceptors (Lipinski definition) is 4. The molecule has 0 unspecified atom stereocenters. The lowest BCUT2D eigenvalue weighted by Crippen LogP contribution is -2.22. The average Bonchev–Trinajstić information content (AvgIpc) is 2.80. The molecule has 4 heteroatoms. The van der Waals surface area contributed by atoms with Gasteiger partial charge in [-0.05, 0) is 57.8 Å². The lowest BCUT2D eigenvalue weighted by molar-refractivity contribution is 0.386. The van der Waals surface area contributed by atoms with Crippen molar-refractivity contribution in [1.82, 2.24) is 0 Å². The van der Waals surface area contributed by atoms with Crippen LogP contribution in [0, 0.1) is 11.8 Å². The summed E-state index contributed by atoms with van der Waals surface area (Å²) in [4.78, 5) is 9.81. The Kier molecular flexibility index (Phi) is 9.04. The monoisotopic (exact) mass is 546 g/mol. The van der Waals surface area contributed by atoms with Gasteiger partial charge < -0.3 is 10.2 Å². The topological polar surface area (TPSA) is 65.2 Å². The number of nitrogens with zero attached hydrogens (tertiary/aromatic N) is 2. The maximum atomic E-state index is 11.2. The molecule has 0 spiro atoms. The van der Waals surface area contributed by atoms with E-state index in [4.69, 9.17) is 9.98 Å². The summed E-state index contributed by atoms with van der Waals surface area (Å²) in [6, 6.07) is 8.34. The zero-order chi connectivity index (χ0) is 30.3. The Morgan fingerprint density at radius 1 is 0.550 bits per heavy atom. The van der Waals surface area contributed by atoms with Gasteiger partial charge in [-0.1, -0.05) is 108 Å². The average molecular weight is 547 g/mol. The van der Waals surface area contributed by atoms with Crippen LogP contribution in [0.15, 0.2) is 34.3 Å². The first-order valence-electron chi connectivity index (χ1n) is 15.0. The van der Waals surface area contributed by atoms with Crippen molar-refractivity contribution in [1.29, 1.82) is 0 Å². The van der Waals surface area contributed by atoms with Gasteiger partial charge in [-0.15, -0.1) is 0 Å². The van der Waals surface area contributed by atoms with Crippen molar-refractivity contribution in [2.45, 2.75) is 130 Å². The molecule has 40 heavy (non-hydrogen) atoms. The molecule has 2 aromatic carbocycles. The molecule has 0 bridgehead atoms. The second-order valence-corrected chi connectivity index (χ2v) is 16.0. The van der Waals surface area contributed by atoms with Crippen LogP contribution in [0.3, 0.4) is 0 Å². The lowest BCUT2D eigenvalue weighted by atomic mass is 9.79. The van der Waals surface area contributed by atoms with Gasteiger partial charge in [-0.25, -0.2) is 0 Å². The van der Waals surface area contributed by atoms with Crippen LogP contribution in [0.25, 0.3) is 0 Å². The summed E-state index contributed by atoms with van der Waals surface area (Å²) in [5.41, 5.74) is 5.02. The third-order valence-corrected chi connectivity index (χ3v) is 8.21. The minimum Gasteiger partial charge on any atom is -0.505 e. The normalized spacial score (nSPS) is 19.6. The van der Waals surface area contributed by atoms with Crippen molar-refractivity contribution in [3.05, 3.63) is 46.5 Å². The summed E-state index contributed by atoms with van der Waals surface area (Å²) < 4.78 is 0. The van der Waals surface area contributed by atoms with Crippen LogP contribution >= 0.6 is 0 Å². The van der Waals surface area contributed by atoms with E-state index in [1.54, 1.807) is 0 Å². The number of aromatic hydroxyl groups is 2. The SMILES string of the molecule is CC(C)(C)c1cc(/N=C/[C@H]2CCCC[C@@H]2/C=N/c2cc(C(C)(C)C)cc(C(C)(C)C)c2O)c(O)c(C(C)(C)C)c1. The van der Waals surface area contributed by atoms with Crippen molar-refractivity contribution in [3.8, 4) is 11.5 Å². The minimum absolute atomic E-state index is 0.0481. The molecular weight excluding hydrogens is 492 g/mol. The van der Waals surface area contributed by atoms with Gasteiger partial charge in [0.2, 0.25) is 0 Å². The molecular formula is C36H54N2O2. The Morgan fingerprint density at radius 2 is 0.875 bits per heavy atom. The highest BCUT2D eigenvalue weighted by Crippen LogP contribution is 2.43. The first-order chi connectivity index (χ1) is 18.2. The third-order valence-electron chi connectivity index (χ3n) is 8.21. The zero-order valence-electron chi connectivity index (χ0n) is 27.2. The molecule has 0 heterocycles. The number of phenols is 2. The Morgan fingerprint density at radius 3 is 1.15 bits per heavy atom. The van der Waals surface area contributed by atoms with Crippen molar-refractivity contribution >= 4 is 23.8 Å². The molecule has 0 aromatic heterocycles. The number of rotatable bonds is 4. The maximum Gasteiger partial charge on any atom is 0.144 e. The quantitative estimate of drug-likeness (QED) is 0.375. The van der Waals surface area contributed by atoms with E-state index in [2.05, 4.69) is 95.2 Å². The number of aliphatic imine (C=N–C) groups is 2. The summed E-state index contributed by atoms with van der Waals surface area (Å²) in [5.74, 6) is 0.999. The summed E-state index contributed by atoms with van der Waals surface area (Å²) in [6.45, 7) is 26.0. The summed E-state index contributed by atoms with van der Waals surface area (Å²) in [5, 5.41) is 22.4. The summed E-state index contributed by atoms with van der Waals surface area (Å²) in [7, 11) is 0. The Labute approximate surface area is 244 Å². The minimum atomic E-state index is -0.189. The maximum absolute atomic E-state index is 11.2. The van der Waals surface area contributed by atoms with Crippen LogP contribution in [0.4, 0.5) is 11.4 Å². The first kappa shape index (κ1) is 31.9. The molecule has 2 atom stereocenters. The molecule has 0 radical (unpaired) electrons. The molecule has 2 aromatic rings. The predicted molar refractivity (Wildman–Crippen MR) is 173 cm³/mol. The first-order valence-corrected chi connectivity index (χ1v) is 15.0. The fourth-order valence-electron chi connectivity index (χ4n) is 5.36. The molecule has 3 rings (SSSR count). The van der Waals surface area contributed by atoms with Crippen LogP contribution in [-0.4, -0.2) is 22.6 Å². The van der Waals surface area contributed by atoms with Crippen molar-refractivity contribution < 1.29 is 10.2 Å². The number of phenolic OH excluding ortho intramolecular Hbond substituents is 2. The van der Waals surface area contributed by atoms with Gasteiger partial charge in [-0.2, -0.15) is 0 Å². The Hall–Kier alpha value is -2.62. The van der Waals surface area contributed by atoms with Gasteiger partial charge in [0.25, 0.3) is 0 Å². The molecule has 0 amide bonds. The molecule has 1 saturated carbocycles. The fourth-order valence-corrected chi connectivity index (χ4v) is 5.36. The van der Waals surface area contributed by atoms with Gasteiger partial charge in [-0.3, -0.25) is 9.98 Å². The molecule has 2 N–H and O–H groups in total. The van der Waals surface area contributed by atoms with Crippen LogP contribution in [0.5, 0.6) is 11.5 Å². The molecule has 220 valence electrons. The van der Waals surface area contributed by atoms with Crippen LogP contribution in [0.1, 0.15) is 131 Å². The van der Waals surface area contributed by atoms with Crippen LogP contribution in [-0.2, 0) is 21.7 Å².